The normalized spacial score (nSPS) is 12.3. The maximum absolute atomic E-state index is 13.8. The molecular weight excluding hydrogens is 422 g/mol. The van der Waals surface area contributed by atoms with Gasteiger partial charge in [0, 0.05) is 35.3 Å². The molecule has 1 aromatic heterocycles. The summed E-state index contributed by atoms with van der Waals surface area (Å²) in [5.41, 5.74) is 6.72. The lowest BCUT2D eigenvalue weighted by Crippen LogP contribution is -2.29. The van der Waals surface area contributed by atoms with Crippen LogP contribution in [0.4, 0.5) is 5.69 Å². The van der Waals surface area contributed by atoms with Gasteiger partial charge in [-0.25, -0.2) is 0 Å². The van der Waals surface area contributed by atoms with Crippen LogP contribution in [0.2, 0.25) is 0 Å². The van der Waals surface area contributed by atoms with Crippen molar-refractivity contribution < 1.29 is 4.79 Å². The highest BCUT2D eigenvalue weighted by Crippen LogP contribution is 2.45. The molecule has 0 fully saturated rings. The number of aromatic amines is 1. The molecule has 1 heterocycles. The van der Waals surface area contributed by atoms with Crippen LogP contribution in [0.3, 0.4) is 0 Å². The Labute approximate surface area is 199 Å². The van der Waals surface area contributed by atoms with E-state index in [2.05, 4.69) is 29.0 Å². The van der Waals surface area contributed by atoms with Crippen molar-refractivity contribution in [3.63, 3.8) is 0 Å². The first kappa shape index (κ1) is 22.1. The molecule has 0 radical (unpaired) electrons. The Hall–Kier alpha value is -3.70. The summed E-state index contributed by atoms with van der Waals surface area (Å²) in [5, 5.41) is 4.36. The Morgan fingerprint density at radius 1 is 0.853 bits per heavy atom. The minimum absolute atomic E-state index is 0.00972. The van der Waals surface area contributed by atoms with Crippen molar-refractivity contribution in [3.8, 4) is 22.3 Å². The van der Waals surface area contributed by atoms with E-state index < -0.39 is 0 Å². The molecule has 34 heavy (non-hydrogen) atoms. The van der Waals surface area contributed by atoms with Crippen LogP contribution < -0.4 is 10.9 Å². The fourth-order valence-electron chi connectivity index (χ4n) is 5.09. The van der Waals surface area contributed by atoms with Crippen molar-refractivity contribution in [2.24, 2.45) is 0 Å². The lowest BCUT2D eigenvalue weighted by molar-refractivity contribution is 0.104. The number of pyridine rings is 1. The van der Waals surface area contributed by atoms with Crippen LogP contribution in [0.25, 0.3) is 33.2 Å². The van der Waals surface area contributed by atoms with Crippen molar-refractivity contribution in [2.75, 3.05) is 31.5 Å². The third-order valence-electron chi connectivity index (χ3n) is 6.86. The van der Waals surface area contributed by atoms with Gasteiger partial charge < -0.3 is 15.2 Å². The summed E-state index contributed by atoms with van der Waals surface area (Å²) in [6.45, 7) is 9.89. The van der Waals surface area contributed by atoms with Crippen LogP contribution in [-0.2, 0) is 0 Å². The minimum Gasteiger partial charge on any atom is -0.383 e. The van der Waals surface area contributed by atoms with Gasteiger partial charge in [-0.3, -0.25) is 9.59 Å². The fraction of sp³-hybridized carbons (Fsp3) is 0.241. The standard InChI is InChI=1S/C29H29N3O2/c1-4-32(5-2)16-15-30-22-17-18(3)27-26-24(20-13-9-10-14-21(20)28(33)25(22)26)23(29(34)31-27)19-11-7-6-8-12-19/h6-14,17,30H,4-5,15-16H2,1-3H3,(H,31,34). The maximum Gasteiger partial charge on any atom is 0.256 e. The van der Waals surface area contributed by atoms with Crippen molar-refractivity contribution in [3.05, 3.63) is 87.7 Å². The molecule has 0 bridgehead atoms. The molecule has 0 atom stereocenters. The largest absolute Gasteiger partial charge is 0.383 e. The summed E-state index contributed by atoms with van der Waals surface area (Å²) in [5.74, 6) is -0.00972. The van der Waals surface area contributed by atoms with Gasteiger partial charge in [-0.05, 0) is 42.8 Å². The number of benzene rings is 3. The van der Waals surface area contributed by atoms with Gasteiger partial charge in [-0.15, -0.1) is 0 Å². The third-order valence-corrected chi connectivity index (χ3v) is 6.86. The Kier molecular flexibility index (Phi) is 5.80. The summed E-state index contributed by atoms with van der Waals surface area (Å²) in [6, 6.07) is 19.3. The zero-order chi connectivity index (χ0) is 23.8. The van der Waals surface area contributed by atoms with E-state index in [9.17, 15) is 9.59 Å². The van der Waals surface area contributed by atoms with Gasteiger partial charge in [0.05, 0.1) is 16.6 Å². The number of hydrogen-bond acceptors (Lipinski definition) is 4. The summed E-state index contributed by atoms with van der Waals surface area (Å²) in [4.78, 5) is 32.7. The van der Waals surface area contributed by atoms with Gasteiger partial charge in [0.25, 0.3) is 5.56 Å². The van der Waals surface area contributed by atoms with E-state index in [1.165, 1.54) is 0 Å². The molecule has 2 N–H and O–H groups in total. The molecule has 0 unspecified atom stereocenters. The first-order chi connectivity index (χ1) is 16.5. The summed E-state index contributed by atoms with van der Waals surface area (Å²) in [7, 11) is 0. The SMILES string of the molecule is CCN(CC)CCNc1cc(C)c2[nH]c(=O)c(-c3ccccc3)c3c2c1C(=O)c1ccccc1-3. The van der Waals surface area contributed by atoms with Crippen LogP contribution in [0.5, 0.6) is 0 Å². The number of H-pyrrole nitrogens is 1. The first-order valence-corrected chi connectivity index (χ1v) is 11.9. The van der Waals surface area contributed by atoms with Crippen LogP contribution in [0, 0.1) is 6.92 Å². The lowest BCUT2D eigenvalue weighted by atomic mass is 9.79. The second kappa shape index (κ2) is 8.92. The predicted octanol–water partition coefficient (Wildman–Crippen LogP) is 5.47. The fourth-order valence-corrected chi connectivity index (χ4v) is 5.09. The molecule has 4 aromatic rings. The predicted molar refractivity (Wildman–Crippen MR) is 140 cm³/mol. The Morgan fingerprint density at radius 3 is 2.24 bits per heavy atom. The van der Waals surface area contributed by atoms with E-state index in [0.29, 0.717) is 16.7 Å². The van der Waals surface area contributed by atoms with Gasteiger partial charge in [-0.1, -0.05) is 68.4 Å². The van der Waals surface area contributed by atoms with E-state index in [1.807, 2.05) is 67.6 Å². The Morgan fingerprint density at radius 2 is 1.53 bits per heavy atom. The van der Waals surface area contributed by atoms with Gasteiger partial charge in [-0.2, -0.15) is 0 Å². The molecule has 5 rings (SSSR count). The van der Waals surface area contributed by atoms with E-state index in [1.54, 1.807) is 0 Å². The van der Waals surface area contributed by atoms with Crippen LogP contribution >= 0.6 is 0 Å². The minimum atomic E-state index is -0.144. The number of nitrogens with one attached hydrogen (secondary N) is 2. The maximum atomic E-state index is 13.8. The molecule has 0 amide bonds. The average Bonchev–Trinajstić information content (AvgIpc) is 2.86. The lowest BCUT2D eigenvalue weighted by Gasteiger charge is -2.26. The van der Waals surface area contributed by atoms with Crippen LogP contribution in [0.1, 0.15) is 35.3 Å². The van der Waals surface area contributed by atoms with E-state index >= 15 is 0 Å². The number of likely N-dealkylation sites (N-methyl/N-ethyl adjacent to an activating group) is 1. The van der Waals surface area contributed by atoms with Gasteiger partial charge in [0.1, 0.15) is 0 Å². The van der Waals surface area contributed by atoms with Crippen LogP contribution in [-0.4, -0.2) is 41.8 Å². The highest BCUT2D eigenvalue weighted by molar-refractivity contribution is 6.29. The summed E-state index contributed by atoms with van der Waals surface area (Å²) in [6.07, 6.45) is 0. The number of rotatable bonds is 7. The zero-order valence-electron chi connectivity index (χ0n) is 19.9. The van der Waals surface area contributed by atoms with E-state index in [-0.39, 0.29) is 11.3 Å². The quantitative estimate of drug-likeness (QED) is 0.344. The highest BCUT2D eigenvalue weighted by Gasteiger charge is 2.31. The average molecular weight is 452 g/mol. The smallest absolute Gasteiger partial charge is 0.256 e. The monoisotopic (exact) mass is 451 g/mol. The molecule has 0 saturated heterocycles. The zero-order valence-corrected chi connectivity index (χ0v) is 19.9. The number of anilines is 1. The molecule has 1 aliphatic carbocycles. The number of nitrogens with zero attached hydrogens (tertiary/aromatic N) is 1. The Bertz CT molecular complexity index is 1450. The number of hydrogen-bond donors (Lipinski definition) is 2. The van der Waals surface area contributed by atoms with E-state index in [0.717, 1.165) is 65.0 Å². The van der Waals surface area contributed by atoms with Crippen molar-refractivity contribution in [2.45, 2.75) is 20.8 Å². The molecule has 5 nitrogen and oxygen atoms in total. The highest BCUT2D eigenvalue weighted by atomic mass is 16.1. The van der Waals surface area contributed by atoms with Gasteiger partial charge in [0.2, 0.25) is 0 Å². The van der Waals surface area contributed by atoms with Crippen LogP contribution in [0.15, 0.2) is 65.5 Å². The topological polar surface area (TPSA) is 65.2 Å². The molecule has 0 spiro atoms. The third kappa shape index (κ3) is 3.53. The number of aromatic nitrogens is 1. The van der Waals surface area contributed by atoms with Gasteiger partial charge in [0.15, 0.2) is 5.78 Å². The van der Waals surface area contributed by atoms with Crippen molar-refractivity contribution in [1.29, 1.82) is 0 Å². The first-order valence-electron chi connectivity index (χ1n) is 11.9. The van der Waals surface area contributed by atoms with Gasteiger partial charge >= 0.3 is 0 Å². The molecule has 5 heteroatoms. The molecule has 172 valence electrons. The van der Waals surface area contributed by atoms with E-state index in [4.69, 9.17) is 0 Å². The molecular formula is C29H29N3O2. The number of ketones is 1. The Balaban J connectivity index is 1.81. The second-order valence-corrected chi connectivity index (χ2v) is 8.76. The molecule has 0 aliphatic heterocycles. The summed E-state index contributed by atoms with van der Waals surface area (Å²) < 4.78 is 0. The molecule has 3 aromatic carbocycles. The number of carbonyl (C=O) groups excluding carboxylic acids is 1. The number of fused-ring (bicyclic) bond motifs is 2. The number of carbonyl (C=O) groups is 1. The number of aryl methyl sites for hydroxylation is 1. The second-order valence-electron chi connectivity index (χ2n) is 8.76. The molecule has 1 aliphatic rings. The van der Waals surface area contributed by atoms with Crippen molar-refractivity contribution >= 4 is 22.4 Å². The molecule has 0 saturated carbocycles. The summed E-state index contributed by atoms with van der Waals surface area (Å²) >= 11 is 0. The van der Waals surface area contributed by atoms with Crippen molar-refractivity contribution in [1.82, 2.24) is 9.88 Å².